The molecule has 0 aliphatic rings. The molecule has 0 amide bonds. The van der Waals surface area contributed by atoms with Gasteiger partial charge in [-0.15, -0.1) is 0 Å². The third kappa shape index (κ3) is 5.33. The molecule has 0 spiro atoms. The lowest BCUT2D eigenvalue weighted by Crippen LogP contribution is -2.24. The number of sulfonamides is 1. The van der Waals surface area contributed by atoms with Gasteiger partial charge in [0.2, 0.25) is 10.0 Å². The number of rotatable bonds is 7. The minimum Gasteiger partial charge on any atom is -0.490 e. The van der Waals surface area contributed by atoms with Gasteiger partial charge in [0, 0.05) is 12.1 Å². The summed E-state index contributed by atoms with van der Waals surface area (Å²) in [6.07, 6.45) is 1.16. The summed E-state index contributed by atoms with van der Waals surface area (Å²) in [5.74, 6) is 1.33. The van der Waals surface area contributed by atoms with E-state index < -0.39 is 10.0 Å². The molecule has 2 aromatic carbocycles. The fraction of sp³-hybridized carbons (Fsp3) is 0.250. The molecule has 23 heavy (non-hydrogen) atoms. The largest absolute Gasteiger partial charge is 0.490 e. The van der Waals surface area contributed by atoms with Crippen molar-refractivity contribution in [3.63, 3.8) is 0 Å². The summed E-state index contributed by atoms with van der Waals surface area (Å²) >= 11 is 5.87. The van der Waals surface area contributed by atoms with Crippen LogP contribution in [0.15, 0.2) is 48.5 Å². The summed E-state index contributed by atoms with van der Waals surface area (Å²) in [5, 5.41) is 0.619. The van der Waals surface area contributed by atoms with Gasteiger partial charge in [0.15, 0.2) is 0 Å². The molecule has 0 N–H and O–H groups in total. The monoisotopic (exact) mass is 355 g/mol. The SMILES string of the molecule is CN(c1ccc(OCCOc2cccc(Cl)c2)cc1)S(C)(=O)=O. The van der Waals surface area contributed by atoms with Gasteiger partial charge in [-0.3, -0.25) is 4.31 Å². The lowest BCUT2D eigenvalue weighted by Gasteiger charge is -2.16. The van der Waals surface area contributed by atoms with Crippen LogP contribution in [0.1, 0.15) is 0 Å². The molecule has 2 aromatic rings. The lowest BCUT2D eigenvalue weighted by atomic mass is 10.3. The van der Waals surface area contributed by atoms with Crippen LogP contribution >= 0.6 is 11.6 Å². The van der Waals surface area contributed by atoms with Crippen LogP contribution in [-0.4, -0.2) is 34.9 Å². The van der Waals surface area contributed by atoms with Crippen LogP contribution < -0.4 is 13.8 Å². The highest BCUT2D eigenvalue weighted by atomic mass is 35.5. The molecule has 0 unspecified atom stereocenters. The fourth-order valence-corrected chi connectivity index (χ4v) is 2.50. The maximum atomic E-state index is 11.5. The van der Waals surface area contributed by atoms with Gasteiger partial charge in [-0.25, -0.2) is 8.42 Å². The van der Waals surface area contributed by atoms with E-state index in [2.05, 4.69) is 0 Å². The molecule has 0 heterocycles. The number of anilines is 1. The molecular weight excluding hydrogens is 338 g/mol. The summed E-state index contributed by atoms with van der Waals surface area (Å²) in [5.41, 5.74) is 0.579. The topological polar surface area (TPSA) is 55.8 Å². The summed E-state index contributed by atoms with van der Waals surface area (Å²) in [4.78, 5) is 0. The number of halogens is 1. The third-order valence-corrected chi connectivity index (χ3v) is 4.56. The Morgan fingerprint density at radius 1 is 1.00 bits per heavy atom. The summed E-state index contributed by atoms with van der Waals surface area (Å²) in [7, 11) is -1.76. The molecule has 0 fully saturated rings. The molecule has 0 radical (unpaired) electrons. The maximum Gasteiger partial charge on any atom is 0.231 e. The van der Waals surface area contributed by atoms with E-state index in [9.17, 15) is 8.42 Å². The normalized spacial score (nSPS) is 11.1. The Kier molecular flexibility index (Phi) is 5.74. The second-order valence-corrected chi connectivity index (χ2v) is 7.33. The standard InChI is InChI=1S/C16H18ClNO4S/c1-18(23(2,19)20)14-6-8-15(9-7-14)21-10-11-22-16-5-3-4-13(17)12-16/h3-9,12H,10-11H2,1-2H3. The van der Waals surface area contributed by atoms with Crippen LogP contribution in [0.3, 0.4) is 0 Å². The Morgan fingerprint density at radius 2 is 1.61 bits per heavy atom. The van der Waals surface area contributed by atoms with Crippen molar-refractivity contribution in [2.75, 3.05) is 30.8 Å². The van der Waals surface area contributed by atoms with Gasteiger partial charge in [-0.05, 0) is 42.5 Å². The third-order valence-electron chi connectivity index (χ3n) is 3.11. The Labute approximate surface area is 141 Å². The lowest BCUT2D eigenvalue weighted by molar-refractivity contribution is 0.217. The molecular formula is C16H18ClNO4S. The molecule has 2 rings (SSSR count). The van der Waals surface area contributed by atoms with Crippen LogP contribution in [0.5, 0.6) is 11.5 Å². The molecule has 7 heteroatoms. The first-order chi connectivity index (χ1) is 10.9. The molecule has 0 aliphatic carbocycles. The van der Waals surface area contributed by atoms with Crippen LogP contribution in [0, 0.1) is 0 Å². The zero-order chi connectivity index (χ0) is 16.9. The highest BCUT2D eigenvalue weighted by Crippen LogP contribution is 2.20. The van der Waals surface area contributed by atoms with E-state index in [0.717, 1.165) is 6.26 Å². The van der Waals surface area contributed by atoms with Gasteiger partial charge in [-0.1, -0.05) is 17.7 Å². The van der Waals surface area contributed by atoms with E-state index in [1.807, 2.05) is 12.1 Å². The zero-order valence-corrected chi connectivity index (χ0v) is 14.5. The Bertz CT molecular complexity index is 747. The van der Waals surface area contributed by atoms with Crippen LogP contribution in [-0.2, 0) is 10.0 Å². The van der Waals surface area contributed by atoms with Gasteiger partial charge in [0.25, 0.3) is 0 Å². The Morgan fingerprint density at radius 3 is 2.17 bits per heavy atom. The van der Waals surface area contributed by atoms with Crippen molar-refractivity contribution in [2.45, 2.75) is 0 Å². The van der Waals surface area contributed by atoms with Crippen LogP contribution in [0.25, 0.3) is 0 Å². The molecule has 0 saturated carbocycles. The van der Waals surface area contributed by atoms with Crippen LogP contribution in [0.4, 0.5) is 5.69 Å². The van der Waals surface area contributed by atoms with Crippen molar-refractivity contribution < 1.29 is 17.9 Å². The summed E-state index contributed by atoms with van der Waals surface area (Å²) in [6, 6.07) is 14.0. The van der Waals surface area contributed by atoms with Crippen molar-refractivity contribution in [1.82, 2.24) is 0 Å². The van der Waals surface area contributed by atoms with Gasteiger partial charge in [0.05, 0.1) is 11.9 Å². The highest BCUT2D eigenvalue weighted by Gasteiger charge is 2.11. The molecule has 0 aromatic heterocycles. The van der Waals surface area contributed by atoms with Crippen molar-refractivity contribution in [2.24, 2.45) is 0 Å². The Hall–Kier alpha value is -1.92. The average molecular weight is 356 g/mol. The van der Waals surface area contributed by atoms with Gasteiger partial charge in [-0.2, -0.15) is 0 Å². The molecule has 124 valence electrons. The minimum absolute atomic E-state index is 0.369. The number of benzene rings is 2. The predicted molar refractivity (Wildman–Crippen MR) is 92.1 cm³/mol. The van der Waals surface area contributed by atoms with Crippen LogP contribution in [0.2, 0.25) is 5.02 Å². The minimum atomic E-state index is -3.26. The van der Waals surface area contributed by atoms with Gasteiger partial charge < -0.3 is 9.47 Å². The first-order valence-corrected chi connectivity index (χ1v) is 9.14. The summed E-state index contributed by atoms with van der Waals surface area (Å²) < 4.78 is 35.2. The first-order valence-electron chi connectivity index (χ1n) is 6.91. The second-order valence-electron chi connectivity index (χ2n) is 4.88. The van der Waals surface area contributed by atoms with E-state index in [0.29, 0.717) is 35.4 Å². The fourth-order valence-electron chi connectivity index (χ4n) is 1.82. The van der Waals surface area contributed by atoms with Crippen molar-refractivity contribution in [3.8, 4) is 11.5 Å². The number of hydrogen-bond donors (Lipinski definition) is 0. The molecule has 0 saturated heterocycles. The van der Waals surface area contributed by atoms with Gasteiger partial charge in [0.1, 0.15) is 24.7 Å². The first kappa shape index (κ1) is 17.4. The van der Waals surface area contributed by atoms with E-state index in [4.69, 9.17) is 21.1 Å². The molecule has 0 aliphatic heterocycles. The van der Waals surface area contributed by atoms with E-state index in [1.54, 1.807) is 36.4 Å². The van der Waals surface area contributed by atoms with E-state index >= 15 is 0 Å². The molecule has 5 nitrogen and oxygen atoms in total. The predicted octanol–water partition coefficient (Wildman–Crippen LogP) is 3.19. The highest BCUT2D eigenvalue weighted by molar-refractivity contribution is 7.92. The number of hydrogen-bond acceptors (Lipinski definition) is 4. The molecule has 0 atom stereocenters. The van der Waals surface area contributed by atoms with E-state index in [-0.39, 0.29) is 0 Å². The van der Waals surface area contributed by atoms with Crippen molar-refractivity contribution in [1.29, 1.82) is 0 Å². The number of ether oxygens (including phenoxy) is 2. The van der Waals surface area contributed by atoms with E-state index in [1.165, 1.54) is 11.4 Å². The Balaban J connectivity index is 1.82. The molecule has 0 bridgehead atoms. The van der Waals surface area contributed by atoms with Crippen molar-refractivity contribution in [3.05, 3.63) is 53.6 Å². The summed E-state index contributed by atoms with van der Waals surface area (Å²) in [6.45, 7) is 0.749. The average Bonchev–Trinajstić information content (AvgIpc) is 2.51. The quantitative estimate of drug-likeness (QED) is 0.716. The van der Waals surface area contributed by atoms with Crippen molar-refractivity contribution >= 4 is 27.3 Å². The maximum absolute atomic E-state index is 11.5. The smallest absolute Gasteiger partial charge is 0.231 e. The van der Waals surface area contributed by atoms with Gasteiger partial charge >= 0.3 is 0 Å². The second kappa shape index (κ2) is 7.57. The zero-order valence-electron chi connectivity index (χ0n) is 12.9. The number of nitrogens with zero attached hydrogens (tertiary/aromatic N) is 1.